The highest BCUT2D eigenvalue weighted by molar-refractivity contribution is 5.61. The molecule has 0 bridgehead atoms. The lowest BCUT2D eigenvalue weighted by molar-refractivity contribution is -0.384. The fourth-order valence-electron chi connectivity index (χ4n) is 2.89. The Labute approximate surface area is 124 Å². The molecule has 3 N–H and O–H groups in total. The number of nitrogens with one attached hydrogen (secondary N) is 1. The number of hydrazine groups is 1. The van der Waals surface area contributed by atoms with E-state index in [9.17, 15) is 10.1 Å². The maximum absolute atomic E-state index is 11.0. The summed E-state index contributed by atoms with van der Waals surface area (Å²) in [6.07, 6.45) is 2.47. The van der Waals surface area contributed by atoms with Crippen molar-refractivity contribution >= 4 is 11.4 Å². The van der Waals surface area contributed by atoms with Gasteiger partial charge in [0.05, 0.1) is 4.92 Å². The highest BCUT2D eigenvalue weighted by Crippen LogP contribution is 2.25. The van der Waals surface area contributed by atoms with Gasteiger partial charge >= 0.3 is 0 Å². The van der Waals surface area contributed by atoms with Crippen LogP contribution in [0.15, 0.2) is 18.2 Å². The van der Waals surface area contributed by atoms with Crippen LogP contribution in [0.3, 0.4) is 0 Å². The van der Waals surface area contributed by atoms with E-state index in [1.807, 2.05) is 13.1 Å². The van der Waals surface area contributed by atoms with E-state index in [1.165, 1.54) is 12.8 Å². The second kappa shape index (κ2) is 6.84. The van der Waals surface area contributed by atoms with Gasteiger partial charge in [-0.25, -0.2) is 0 Å². The predicted molar refractivity (Wildman–Crippen MR) is 82.9 cm³/mol. The quantitative estimate of drug-likeness (QED) is 0.468. The van der Waals surface area contributed by atoms with Crippen LogP contribution in [0.4, 0.5) is 11.4 Å². The normalized spacial score (nSPS) is 19.1. The molecule has 0 radical (unpaired) electrons. The summed E-state index contributed by atoms with van der Waals surface area (Å²) in [4.78, 5) is 15.2. The Balaban J connectivity index is 2.01. The van der Waals surface area contributed by atoms with E-state index in [4.69, 9.17) is 5.84 Å². The number of nitrogen functional groups attached to an aromatic ring is 1. The van der Waals surface area contributed by atoms with Crippen LogP contribution in [0.25, 0.3) is 0 Å². The number of nitrogens with zero attached hydrogens (tertiary/aromatic N) is 3. The van der Waals surface area contributed by atoms with Gasteiger partial charge in [-0.3, -0.25) is 16.0 Å². The van der Waals surface area contributed by atoms with Gasteiger partial charge in [-0.1, -0.05) is 6.07 Å². The number of likely N-dealkylation sites (tertiary alicyclic amines) is 1. The van der Waals surface area contributed by atoms with Crippen molar-refractivity contribution < 1.29 is 4.92 Å². The number of likely N-dealkylation sites (N-methyl/N-ethyl adjacent to an activating group) is 2. The van der Waals surface area contributed by atoms with Gasteiger partial charge in [-0.15, -0.1) is 0 Å². The number of rotatable bonds is 6. The van der Waals surface area contributed by atoms with Crippen LogP contribution in [0.2, 0.25) is 0 Å². The molecule has 0 aromatic heterocycles. The van der Waals surface area contributed by atoms with Crippen molar-refractivity contribution in [2.75, 3.05) is 32.6 Å². The van der Waals surface area contributed by atoms with Crippen molar-refractivity contribution in [2.45, 2.75) is 25.4 Å². The minimum absolute atomic E-state index is 0.0152. The number of nitro benzene ring substituents is 1. The Bertz CT molecular complexity index is 508. The molecule has 0 saturated carbocycles. The molecule has 1 aliphatic heterocycles. The number of anilines is 1. The molecule has 1 atom stereocenters. The Morgan fingerprint density at radius 2 is 2.33 bits per heavy atom. The molecule has 1 aromatic rings. The lowest BCUT2D eigenvalue weighted by Crippen LogP contribution is -2.36. The first-order valence-electron chi connectivity index (χ1n) is 7.14. The number of hydrogen-bond donors (Lipinski definition) is 2. The number of nitro groups is 1. The monoisotopic (exact) mass is 293 g/mol. The first kappa shape index (κ1) is 15.7. The number of hydrogen-bond acceptors (Lipinski definition) is 6. The third-order valence-electron chi connectivity index (χ3n) is 4.06. The summed E-state index contributed by atoms with van der Waals surface area (Å²) in [6, 6.07) is 5.69. The van der Waals surface area contributed by atoms with E-state index in [-0.39, 0.29) is 5.69 Å². The third-order valence-corrected chi connectivity index (χ3v) is 4.06. The van der Waals surface area contributed by atoms with Crippen molar-refractivity contribution in [3.8, 4) is 0 Å². The molecule has 1 saturated heterocycles. The van der Waals surface area contributed by atoms with Crippen molar-refractivity contribution in [1.82, 2.24) is 9.80 Å². The molecule has 1 unspecified atom stereocenters. The summed E-state index contributed by atoms with van der Waals surface area (Å²) in [5, 5.41) is 11.0. The van der Waals surface area contributed by atoms with E-state index in [0.29, 0.717) is 18.3 Å². The lowest BCUT2D eigenvalue weighted by Gasteiger charge is -2.25. The fourth-order valence-corrected chi connectivity index (χ4v) is 2.89. The SMILES string of the molecule is CN(Cc1ccc(NN)c([N+](=O)[O-])c1)CC1CCCN1C. The highest BCUT2D eigenvalue weighted by atomic mass is 16.6. The van der Waals surface area contributed by atoms with Gasteiger partial charge < -0.3 is 15.2 Å². The topological polar surface area (TPSA) is 87.7 Å². The van der Waals surface area contributed by atoms with Gasteiger partial charge in [0, 0.05) is 25.2 Å². The minimum atomic E-state index is -0.413. The molecule has 21 heavy (non-hydrogen) atoms. The molecule has 2 rings (SSSR count). The summed E-state index contributed by atoms with van der Waals surface area (Å²) < 4.78 is 0. The van der Waals surface area contributed by atoms with E-state index >= 15 is 0 Å². The van der Waals surface area contributed by atoms with E-state index in [0.717, 1.165) is 18.7 Å². The van der Waals surface area contributed by atoms with E-state index in [2.05, 4.69) is 22.3 Å². The largest absolute Gasteiger partial charge is 0.318 e. The molecule has 7 nitrogen and oxygen atoms in total. The zero-order chi connectivity index (χ0) is 15.4. The molecule has 116 valence electrons. The van der Waals surface area contributed by atoms with Crippen LogP contribution in [0.5, 0.6) is 0 Å². The maximum atomic E-state index is 11.0. The van der Waals surface area contributed by atoms with Crippen LogP contribution in [-0.4, -0.2) is 47.9 Å². The third kappa shape index (κ3) is 3.90. The van der Waals surface area contributed by atoms with Gasteiger partial charge in [0.1, 0.15) is 5.69 Å². The average Bonchev–Trinajstić information content (AvgIpc) is 2.84. The van der Waals surface area contributed by atoms with Gasteiger partial charge in [0.15, 0.2) is 0 Å². The van der Waals surface area contributed by atoms with Crippen LogP contribution in [-0.2, 0) is 6.54 Å². The molecule has 0 amide bonds. The van der Waals surface area contributed by atoms with Crippen LogP contribution >= 0.6 is 0 Å². The van der Waals surface area contributed by atoms with E-state index < -0.39 is 4.92 Å². The molecule has 1 aliphatic rings. The predicted octanol–water partition coefficient (Wildman–Crippen LogP) is 1.41. The van der Waals surface area contributed by atoms with Crippen molar-refractivity contribution in [3.05, 3.63) is 33.9 Å². The number of nitrogens with two attached hydrogens (primary N) is 1. The second-order valence-corrected chi connectivity index (χ2v) is 5.73. The second-order valence-electron chi connectivity index (χ2n) is 5.73. The lowest BCUT2D eigenvalue weighted by atomic mass is 10.1. The summed E-state index contributed by atoms with van der Waals surface area (Å²) in [6.45, 7) is 2.82. The Morgan fingerprint density at radius 1 is 1.57 bits per heavy atom. The highest BCUT2D eigenvalue weighted by Gasteiger charge is 2.22. The first-order valence-corrected chi connectivity index (χ1v) is 7.14. The maximum Gasteiger partial charge on any atom is 0.293 e. The van der Waals surface area contributed by atoms with Gasteiger partial charge in [0.25, 0.3) is 5.69 Å². The Hall–Kier alpha value is -1.70. The van der Waals surface area contributed by atoms with Crippen LogP contribution < -0.4 is 11.3 Å². The molecular formula is C14H23N5O2. The minimum Gasteiger partial charge on any atom is -0.318 e. The van der Waals surface area contributed by atoms with E-state index in [1.54, 1.807) is 12.1 Å². The molecule has 1 fully saturated rings. The first-order chi connectivity index (χ1) is 10.0. The molecule has 0 spiro atoms. The summed E-state index contributed by atoms with van der Waals surface area (Å²) in [5.41, 5.74) is 3.63. The number of benzene rings is 1. The zero-order valence-corrected chi connectivity index (χ0v) is 12.6. The summed E-state index contributed by atoms with van der Waals surface area (Å²) in [5.74, 6) is 5.29. The zero-order valence-electron chi connectivity index (χ0n) is 12.6. The van der Waals surface area contributed by atoms with Gasteiger partial charge in [0.2, 0.25) is 0 Å². The average molecular weight is 293 g/mol. The fraction of sp³-hybridized carbons (Fsp3) is 0.571. The molecular weight excluding hydrogens is 270 g/mol. The standard InChI is InChI=1S/C14H23N5O2/c1-17(10-12-4-3-7-18(12)2)9-11-5-6-13(16-15)14(8-11)19(20)21/h5-6,8,12,16H,3-4,7,9-10,15H2,1-2H3. The molecule has 0 aliphatic carbocycles. The van der Waals surface area contributed by atoms with Crippen molar-refractivity contribution in [3.63, 3.8) is 0 Å². The van der Waals surface area contributed by atoms with Crippen molar-refractivity contribution in [2.24, 2.45) is 5.84 Å². The Kier molecular flexibility index (Phi) is 5.11. The molecule has 1 aromatic carbocycles. The van der Waals surface area contributed by atoms with Gasteiger partial charge in [-0.05, 0) is 45.1 Å². The molecule has 1 heterocycles. The van der Waals surface area contributed by atoms with Crippen LogP contribution in [0, 0.1) is 10.1 Å². The summed E-state index contributed by atoms with van der Waals surface area (Å²) >= 11 is 0. The Morgan fingerprint density at radius 3 is 2.90 bits per heavy atom. The van der Waals surface area contributed by atoms with Gasteiger partial charge in [-0.2, -0.15) is 0 Å². The van der Waals surface area contributed by atoms with Crippen molar-refractivity contribution in [1.29, 1.82) is 0 Å². The summed E-state index contributed by atoms with van der Waals surface area (Å²) in [7, 11) is 4.20. The smallest absolute Gasteiger partial charge is 0.293 e. The van der Waals surface area contributed by atoms with Crippen LogP contribution in [0.1, 0.15) is 18.4 Å². The molecule has 7 heteroatoms.